The summed E-state index contributed by atoms with van der Waals surface area (Å²) in [4.78, 5) is 16.2. The second kappa shape index (κ2) is 8.09. The molecule has 0 unspecified atom stereocenters. The number of hydrogen-bond donors (Lipinski definition) is 1. The molecule has 0 saturated heterocycles. The minimum atomic E-state index is -0.453. The Morgan fingerprint density at radius 3 is 2.73 bits per heavy atom. The molecule has 6 nitrogen and oxygen atoms in total. The second-order valence-corrected chi connectivity index (χ2v) is 6.55. The molecule has 3 aromatic rings. The van der Waals surface area contributed by atoms with E-state index in [0.29, 0.717) is 11.7 Å². The molecule has 2 aromatic heterocycles. The van der Waals surface area contributed by atoms with E-state index in [1.54, 1.807) is 24.5 Å². The molecular weight excluding hydrogens is 353 g/mol. The Kier molecular flexibility index (Phi) is 5.62. The standard InChI is InChI=1S/C18H18FN5OS/c1-3-24-17(13-6-8-20-9-7-13)22-23-18(24)26-11-16(25)21-15-10-12(2)4-5-14(15)19/h4-10H,3,11H2,1-2H3,(H,21,25). The average Bonchev–Trinajstić information content (AvgIpc) is 3.06. The molecule has 1 amide bonds. The first-order valence-electron chi connectivity index (χ1n) is 8.11. The smallest absolute Gasteiger partial charge is 0.234 e. The zero-order chi connectivity index (χ0) is 18.5. The Balaban J connectivity index is 1.69. The Morgan fingerprint density at radius 1 is 1.23 bits per heavy atom. The predicted octanol–water partition coefficient (Wildman–Crippen LogP) is 3.54. The van der Waals surface area contributed by atoms with E-state index in [1.165, 1.54) is 17.8 Å². The summed E-state index contributed by atoms with van der Waals surface area (Å²) < 4.78 is 15.7. The van der Waals surface area contributed by atoms with Crippen LogP contribution in [0.4, 0.5) is 10.1 Å². The molecule has 134 valence electrons. The number of carbonyl (C=O) groups is 1. The van der Waals surface area contributed by atoms with Crippen molar-refractivity contribution in [2.24, 2.45) is 0 Å². The number of aromatic nitrogens is 4. The summed E-state index contributed by atoms with van der Waals surface area (Å²) >= 11 is 1.26. The van der Waals surface area contributed by atoms with Crippen LogP contribution in [0, 0.1) is 12.7 Å². The van der Waals surface area contributed by atoms with Crippen LogP contribution in [0.1, 0.15) is 12.5 Å². The first-order valence-corrected chi connectivity index (χ1v) is 9.09. The number of nitrogens with one attached hydrogen (secondary N) is 1. The summed E-state index contributed by atoms with van der Waals surface area (Å²) in [6, 6.07) is 8.32. The molecule has 0 bridgehead atoms. The minimum Gasteiger partial charge on any atom is -0.323 e. The number of rotatable bonds is 6. The number of benzene rings is 1. The number of hydrogen-bond acceptors (Lipinski definition) is 5. The molecule has 1 aromatic carbocycles. The van der Waals surface area contributed by atoms with Crippen LogP contribution in [0.5, 0.6) is 0 Å². The van der Waals surface area contributed by atoms with E-state index in [-0.39, 0.29) is 17.3 Å². The lowest BCUT2D eigenvalue weighted by Crippen LogP contribution is -2.15. The number of amides is 1. The second-order valence-electron chi connectivity index (χ2n) is 5.61. The van der Waals surface area contributed by atoms with Crippen molar-refractivity contribution in [3.63, 3.8) is 0 Å². The van der Waals surface area contributed by atoms with Gasteiger partial charge in [-0.2, -0.15) is 0 Å². The SMILES string of the molecule is CCn1c(SCC(=O)Nc2cc(C)ccc2F)nnc1-c1ccncc1. The third-order valence-corrected chi connectivity index (χ3v) is 4.67. The normalized spacial score (nSPS) is 10.7. The van der Waals surface area contributed by atoms with E-state index in [9.17, 15) is 9.18 Å². The van der Waals surface area contributed by atoms with Crippen molar-refractivity contribution in [3.8, 4) is 11.4 Å². The van der Waals surface area contributed by atoms with Crippen LogP contribution >= 0.6 is 11.8 Å². The van der Waals surface area contributed by atoms with Crippen LogP contribution in [0.3, 0.4) is 0 Å². The van der Waals surface area contributed by atoms with Crippen molar-refractivity contribution in [1.29, 1.82) is 0 Å². The molecule has 0 aliphatic carbocycles. The van der Waals surface area contributed by atoms with Crippen molar-refractivity contribution in [1.82, 2.24) is 19.7 Å². The van der Waals surface area contributed by atoms with Crippen molar-refractivity contribution in [2.75, 3.05) is 11.1 Å². The highest BCUT2D eigenvalue weighted by atomic mass is 32.2. The number of aryl methyl sites for hydroxylation is 1. The highest BCUT2D eigenvalue weighted by Gasteiger charge is 2.15. The first-order chi connectivity index (χ1) is 12.6. The zero-order valence-corrected chi connectivity index (χ0v) is 15.3. The molecule has 0 fully saturated rings. The highest BCUT2D eigenvalue weighted by molar-refractivity contribution is 7.99. The van der Waals surface area contributed by atoms with Gasteiger partial charge in [-0.25, -0.2) is 4.39 Å². The molecule has 26 heavy (non-hydrogen) atoms. The topological polar surface area (TPSA) is 72.7 Å². The van der Waals surface area contributed by atoms with E-state index in [2.05, 4.69) is 20.5 Å². The number of carbonyl (C=O) groups excluding carboxylic acids is 1. The fourth-order valence-electron chi connectivity index (χ4n) is 2.45. The molecule has 8 heteroatoms. The molecule has 1 N–H and O–H groups in total. The van der Waals surface area contributed by atoms with Gasteiger partial charge in [0.15, 0.2) is 11.0 Å². The molecule has 0 saturated carbocycles. The monoisotopic (exact) mass is 371 g/mol. The van der Waals surface area contributed by atoms with E-state index in [4.69, 9.17) is 0 Å². The fourth-order valence-corrected chi connectivity index (χ4v) is 3.25. The van der Waals surface area contributed by atoms with E-state index >= 15 is 0 Å². The van der Waals surface area contributed by atoms with Crippen molar-refractivity contribution < 1.29 is 9.18 Å². The van der Waals surface area contributed by atoms with Gasteiger partial charge < -0.3 is 9.88 Å². The number of pyridine rings is 1. The molecule has 0 radical (unpaired) electrons. The maximum absolute atomic E-state index is 13.7. The van der Waals surface area contributed by atoms with Gasteiger partial charge in [0.25, 0.3) is 0 Å². The van der Waals surface area contributed by atoms with Crippen molar-refractivity contribution >= 4 is 23.4 Å². The maximum atomic E-state index is 13.7. The quantitative estimate of drug-likeness (QED) is 0.671. The minimum absolute atomic E-state index is 0.113. The van der Waals surface area contributed by atoms with Crippen LogP contribution in [0.15, 0.2) is 47.9 Å². The maximum Gasteiger partial charge on any atom is 0.234 e. The van der Waals surface area contributed by atoms with Crippen LogP contribution in [0.2, 0.25) is 0 Å². The fraction of sp³-hybridized carbons (Fsp3) is 0.222. The Bertz CT molecular complexity index is 913. The van der Waals surface area contributed by atoms with Gasteiger partial charge >= 0.3 is 0 Å². The van der Waals surface area contributed by atoms with Gasteiger partial charge in [-0.3, -0.25) is 9.78 Å². The highest BCUT2D eigenvalue weighted by Crippen LogP contribution is 2.24. The lowest BCUT2D eigenvalue weighted by atomic mass is 10.2. The number of halogens is 1. The summed E-state index contributed by atoms with van der Waals surface area (Å²) in [5.74, 6) is 0.0887. The lowest BCUT2D eigenvalue weighted by Gasteiger charge is -2.08. The summed E-state index contributed by atoms with van der Waals surface area (Å²) in [6.07, 6.45) is 3.39. The van der Waals surface area contributed by atoms with Gasteiger partial charge in [0.05, 0.1) is 11.4 Å². The Hall–Kier alpha value is -2.74. The zero-order valence-electron chi connectivity index (χ0n) is 14.4. The third kappa shape index (κ3) is 4.08. The molecular formula is C18H18FN5OS. The molecule has 3 rings (SSSR count). The van der Waals surface area contributed by atoms with Crippen LogP contribution in [0.25, 0.3) is 11.4 Å². The van der Waals surface area contributed by atoms with Gasteiger partial charge in [0.2, 0.25) is 5.91 Å². The largest absolute Gasteiger partial charge is 0.323 e. The third-order valence-electron chi connectivity index (χ3n) is 3.70. The Morgan fingerprint density at radius 2 is 2.00 bits per heavy atom. The Labute approximate surface area is 154 Å². The van der Waals surface area contributed by atoms with E-state index in [1.807, 2.05) is 30.5 Å². The molecule has 0 atom stereocenters. The average molecular weight is 371 g/mol. The van der Waals surface area contributed by atoms with Crippen LogP contribution in [-0.4, -0.2) is 31.4 Å². The lowest BCUT2D eigenvalue weighted by molar-refractivity contribution is -0.113. The molecule has 0 spiro atoms. The molecule has 2 heterocycles. The number of thioether (sulfide) groups is 1. The van der Waals surface area contributed by atoms with E-state index < -0.39 is 5.82 Å². The summed E-state index contributed by atoms with van der Waals surface area (Å²) in [5.41, 5.74) is 1.97. The van der Waals surface area contributed by atoms with Gasteiger partial charge in [-0.05, 0) is 43.7 Å². The van der Waals surface area contributed by atoms with Crippen LogP contribution < -0.4 is 5.32 Å². The predicted molar refractivity (Wildman–Crippen MR) is 99.4 cm³/mol. The van der Waals surface area contributed by atoms with Gasteiger partial charge in [0, 0.05) is 24.5 Å². The summed E-state index contributed by atoms with van der Waals surface area (Å²) in [7, 11) is 0. The van der Waals surface area contributed by atoms with Crippen LogP contribution in [-0.2, 0) is 11.3 Å². The number of anilines is 1. The number of nitrogens with zero attached hydrogens (tertiary/aromatic N) is 4. The van der Waals surface area contributed by atoms with E-state index in [0.717, 1.165) is 17.0 Å². The van der Waals surface area contributed by atoms with Gasteiger partial charge in [-0.15, -0.1) is 10.2 Å². The summed E-state index contributed by atoms with van der Waals surface area (Å²) in [5, 5.41) is 11.6. The molecule has 0 aliphatic rings. The molecule has 0 aliphatic heterocycles. The summed E-state index contributed by atoms with van der Waals surface area (Å²) in [6.45, 7) is 4.50. The van der Waals surface area contributed by atoms with Crippen molar-refractivity contribution in [3.05, 3.63) is 54.1 Å². The van der Waals surface area contributed by atoms with Gasteiger partial charge in [-0.1, -0.05) is 17.8 Å². The van der Waals surface area contributed by atoms with Gasteiger partial charge in [0.1, 0.15) is 5.82 Å². The first kappa shape index (κ1) is 18.1. The van der Waals surface area contributed by atoms with Crippen molar-refractivity contribution in [2.45, 2.75) is 25.5 Å².